The molecule has 6 nitrogen and oxygen atoms in total. The zero-order valence-corrected chi connectivity index (χ0v) is 19.2. The summed E-state index contributed by atoms with van der Waals surface area (Å²) in [5.74, 6) is 2.16. The van der Waals surface area contributed by atoms with Crippen LogP contribution in [0, 0.1) is 11.8 Å². The normalized spacial score (nSPS) is 21.1. The van der Waals surface area contributed by atoms with Crippen LogP contribution in [0.3, 0.4) is 0 Å². The van der Waals surface area contributed by atoms with Gasteiger partial charge in [0.1, 0.15) is 0 Å². The van der Waals surface area contributed by atoms with Crippen molar-refractivity contribution in [2.75, 3.05) is 5.75 Å². The molecule has 162 valence electrons. The molecule has 3 atom stereocenters. The average molecular weight is 456 g/mol. The van der Waals surface area contributed by atoms with Crippen LogP contribution in [-0.2, 0) is 4.79 Å². The van der Waals surface area contributed by atoms with Gasteiger partial charge in [0.2, 0.25) is 5.91 Å². The van der Waals surface area contributed by atoms with Crippen molar-refractivity contribution in [1.29, 1.82) is 0 Å². The molecule has 1 fully saturated rings. The summed E-state index contributed by atoms with van der Waals surface area (Å²) >= 11 is 7.47. The van der Waals surface area contributed by atoms with Crippen molar-refractivity contribution in [3.63, 3.8) is 0 Å². The summed E-state index contributed by atoms with van der Waals surface area (Å²) in [7, 11) is 0. The number of carbonyl (C=O) groups excluding carboxylic acids is 1. The molecule has 3 aromatic rings. The molecule has 4 rings (SSSR count). The van der Waals surface area contributed by atoms with Crippen LogP contribution in [0.5, 0.6) is 0 Å². The number of benzene rings is 1. The number of hydrogen-bond donors (Lipinski definition) is 1. The predicted molar refractivity (Wildman–Crippen MR) is 124 cm³/mol. The molecule has 31 heavy (non-hydrogen) atoms. The van der Waals surface area contributed by atoms with Crippen molar-refractivity contribution in [3.05, 3.63) is 53.8 Å². The predicted octanol–water partition coefficient (Wildman–Crippen LogP) is 5.02. The number of nitrogens with one attached hydrogen (secondary N) is 1. The Bertz CT molecular complexity index is 1020. The minimum Gasteiger partial charge on any atom is -0.352 e. The van der Waals surface area contributed by atoms with E-state index in [1.807, 2.05) is 41.0 Å². The van der Waals surface area contributed by atoms with Gasteiger partial charge in [0.05, 0.1) is 5.75 Å². The molecule has 1 N–H and O–H groups in total. The third-order valence-electron chi connectivity index (χ3n) is 6.04. The molecule has 0 spiro atoms. The standard InChI is InChI=1S/C23H26ClN5OS/c1-15-4-3-5-20(16(15)2)26-21(30)14-31-23-28-27-22(17-10-12-25-13-11-17)29(23)19-8-6-18(24)7-9-19/h6-13,15-16,20H,3-5,14H2,1-2H3,(H,26,30). The molecule has 0 aliphatic heterocycles. The van der Waals surface area contributed by atoms with E-state index in [-0.39, 0.29) is 11.9 Å². The molecule has 1 aromatic carbocycles. The summed E-state index contributed by atoms with van der Waals surface area (Å²) in [5.41, 5.74) is 1.79. The van der Waals surface area contributed by atoms with E-state index in [0.29, 0.717) is 33.6 Å². The van der Waals surface area contributed by atoms with E-state index in [1.165, 1.54) is 24.6 Å². The molecule has 0 saturated heterocycles. The zero-order valence-electron chi connectivity index (χ0n) is 17.7. The molecule has 1 saturated carbocycles. The highest BCUT2D eigenvalue weighted by Crippen LogP contribution is 2.31. The third kappa shape index (κ3) is 5.10. The molecule has 2 heterocycles. The summed E-state index contributed by atoms with van der Waals surface area (Å²) in [4.78, 5) is 16.8. The van der Waals surface area contributed by atoms with Gasteiger partial charge in [0.25, 0.3) is 0 Å². The number of thioether (sulfide) groups is 1. The number of pyridine rings is 1. The van der Waals surface area contributed by atoms with Crippen LogP contribution in [-0.4, -0.2) is 37.5 Å². The summed E-state index contributed by atoms with van der Waals surface area (Å²) in [6.07, 6.45) is 6.91. The van der Waals surface area contributed by atoms with Gasteiger partial charge in [-0.1, -0.05) is 50.1 Å². The average Bonchev–Trinajstić information content (AvgIpc) is 3.21. The Morgan fingerprint density at radius 3 is 2.61 bits per heavy atom. The monoisotopic (exact) mass is 455 g/mol. The van der Waals surface area contributed by atoms with Crippen molar-refractivity contribution in [2.45, 2.75) is 44.3 Å². The van der Waals surface area contributed by atoms with Crippen molar-refractivity contribution < 1.29 is 4.79 Å². The second-order valence-electron chi connectivity index (χ2n) is 8.08. The second-order valence-corrected chi connectivity index (χ2v) is 9.46. The molecule has 1 aliphatic rings. The third-order valence-corrected chi connectivity index (χ3v) is 7.22. The quantitative estimate of drug-likeness (QED) is 0.528. The number of hydrogen-bond acceptors (Lipinski definition) is 5. The maximum atomic E-state index is 12.7. The molecular weight excluding hydrogens is 430 g/mol. The van der Waals surface area contributed by atoms with E-state index in [4.69, 9.17) is 11.6 Å². The van der Waals surface area contributed by atoms with Gasteiger partial charge < -0.3 is 5.32 Å². The van der Waals surface area contributed by atoms with Crippen molar-refractivity contribution in [3.8, 4) is 17.1 Å². The lowest BCUT2D eigenvalue weighted by Crippen LogP contribution is -2.44. The number of aromatic nitrogens is 4. The van der Waals surface area contributed by atoms with Crippen molar-refractivity contribution >= 4 is 29.3 Å². The lowest BCUT2D eigenvalue weighted by molar-refractivity contribution is -0.120. The van der Waals surface area contributed by atoms with E-state index < -0.39 is 0 Å². The Kier molecular flexibility index (Phi) is 6.92. The number of rotatable bonds is 6. The molecule has 8 heteroatoms. The fraction of sp³-hybridized carbons (Fsp3) is 0.391. The largest absolute Gasteiger partial charge is 0.352 e. The summed E-state index contributed by atoms with van der Waals surface area (Å²) < 4.78 is 1.95. The van der Waals surface area contributed by atoms with Gasteiger partial charge in [-0.2, -0.15) is 0 Å². The SMILES string of the molecule is CC1CCCC(NC(=O)CSc2nnc(-c3ccncc3)n2-c2ccc(Cl)cc2)C1C. The van der Waals surface area contributed by atoms with E-state index in [0.717, 1.165) is 17.7 Å². The van der Waals surface area contributed by atoms with Crippen LogP contribution in [0.15, 0.2) is 53.9 Å². The molecule has 0 bridgehead atoms. The Hall–Kier alpha value is -2.38. The van der Waals surface area contributed by atoms with E-state index in [2.05, 4.69) is 34.3 Å². The Labute approximate surface area is 191 Å². The van der Waals surface area contributed by atoms with Gasteiger partial charge in [-0.15, -0.1) is 10.2 Å². The van der Waals surface area contributed by atoms with Crippen LogP contribution < -0.4 is 5.32 Å². The second kappa shape index (κ2) is 9.83. The lowest BCUT2D eigenvalue weighted by Gasteiger charge is -2.34. The maximum absolute atomic E-state index is 12.7. The first kappa shape index (κ1) is 21.8. The van der Waals surface area contributed by atoms with E-state index in [9.17, 15) is 4.79 Å². The highest BCUT2D eigenvalue weighted by atomic mass is 35.5. The molecule has 2 aromatic heterocycles. The van der Waals surface area contributed by atoms with Gasteiger partial charge >= 0.3 is 0 Å². The number of nitrogens with zero attached hydrogens (tertiary/aromatic N) is 4. The van der Waals surface area contributed by atoms with Crippen LogP contribution in [0.4, 0.5) is 0 Å². The molecule has 3 unspecified atom stereocenters. The van der Waals surface area contributed by atoms with Gasteiger partial charge in [-0.05, 0) is 54.7 Å². The minimum absolute atomic E-state index is 0.0343. The number of amides is 1. The first-order chi connectivity index (χ1) is 15.0. The van der Waals surface area contributed by atoms with E-state index in [1.54, 1.807) is 12.4 Å². The van der Waals surface area contributed by atoms with Gasteiger partial charge in [-0.3, -0.25) is 14.3 Å². The van der Waals surface area contributed by atoms with Gasteiger partial charge in [0, 0.05) is 34.7 Å². The lowest BCUT2D eigenvalue weighted by atomic mass is 9.78. The molecular formula is C23H26ClN5OS. The maximum Gasteiger partial charge on any atom is 0.230 e. The zero-order chi connectivity index (χ0) is 21.8. The molecule has 1 aliphatic carbocycles. The number of halogens is 1. The fourth-order valence-electron chi connectivity index (χ4n) is 4.04. The van der Waals surface area contributed by atoms with Crippen molar-refractivity contribution in [1.82, 2.24) is 25.1 Å². The first-order valence-electron chi connectivity index (χ1n) is 10.6. The van der Waals surface area contributed by atoms with Gasteiger partial charge in [0.15, 0.2) is 11.0 Å². The summed E-state index contributed by atoms with van der Waals surface area (Å²) in [6.45, 7) is 4.51. The summed E-state index contributed by atoms with van der Waals surface area (Å²) in [5, 5.41) is 13.3. The van der Waals surface area contributed by atoms with Crippen molar-refractivity contribution in [2.24, 2.45) is 11.8 Å². The van der Waals surface area contributed by atoms with Crippen LogP contribution >= 0.6 is 23.4 Å². The van der Waals surface area contributed by atoms with Gasteiger partial charge in [-0.25, -0.2) is 0 Å². The Morgan fingerprint density at radius 2 is 1.87 bits per heavy atom. The molecule has 0 radical (unpaired) electrons. The van der Waals surface area contributed by atoms with Crippen LogP contribution in [0.25, 0.3) is 17.1 Å². The summed E-state index contributed by atoms with van der Waals surface area (Å²) in [6, 6.07) is 11.5. The van der Waals surface area contributed by atoms with Crippen LogP contribution in [0.1, 0.15) is 33.1 Å². The van der Waals surface area contributed by atoms with E-state index >= 15 is 0 Å². The first-order valence-corrected chi connectivity index (χ1v) is 11.9. The highest BCUT2D eigenvalue weighted by molar-refractivity contribution is 7.99. The Morgan fingerprint density at radius 1 is 1.13 bits per heavy atom. The Balaban J connectivity index is 1.53. The number of carbonyl (C=O) groups is 1. The topological polar surface area (TPSA) is 72.7 Å². The fourth-order valence-corrected chi connectivity index (χ4v) is 4.93. The minimum atomic E-state index is 0.0343. The smallest absolute Gasteiger partial charge is 0.230 e. The molecule has 1 amide bonds. The highest BCUT2D eigenvalue weighted by Gasteiger charge is 2.28. The van der Waals surface area contributed by atoms with Crippen LogP contribution in [0.2, 0.25) is 5.02 Å².